The second-order valence-corrected chi connectivity index (χ2v) is 3.56. The van der Waals surface area contributed by atoms with Crippen LogP contribution < -0.4 is 0 Å². The van der Waals surface area contributed by atoms with Gasteiger partial charge >= 0.3 is 11.9 Å². The third-order valence-corrected chi connectivity index (χ3v) is 2.55. The number of carboxylic acid groups (broad SMARTS) is 2. The van der Waals surface area contributed by atoms with Gasteiger partial charge in [0.25, 0.3) is 0 Å². The summed E-state index contributed by atoms with van der Waals surface area (Å²) in [6, 6.07) is 5.51. The Morgan fingerprint density at radius 1 is 0.778 bits per heavy atom. The fourth-order valence-electron chi connectivity index (χ4n) is 1.78. The summed E-state index contributed by atoms with van der Waals surface area (Å²) in [5, 5.41) is 17.8. The lowest BCUT2D eigenvalue weighted by atomic mass is 9.84. The Hall–Kier alpha value is -2.76. The van der Waals surface area contributed by atoms with Crippen LogP contribution in [-0.2, 0) is 9.59 Å². The van der Waals surface area contributed by atoms with Gasteiger partial charge in [0.2, 0.25) is 11.6 Å². The van der Waals surface area contributed by atoms with Gasteiger partial charge in [0.05, 0.1) is 0 Å². The Balaban J connectivity index is 2.80. The van der Waals surface area contributed by atoms with Gasteiger partial charge in [0, 0.05) is 11.1 Å². The first-order valence-corrected chi connectivity index (χ1v) is 4.84. The fraction of sp³-hybridized carbons (Fsp3) is 0. The van der Waals surface area contributed by atoms with Gasteiger partial charge in [0.15, 0.2) is 0 Å². The molecule has 6 nitrogen and oxygen atoms in total. The first kappa shape index (κ1) is 11.7. The molecule has 1 aliphatic carbocycles. The summed E-state index contributed by atoms with van der Waals surface area (Å²) in [7, 11) is 0. The van der Waals surface area contributed by atoms with Gasteiger partial charge < -0.3 is 10.2 Å². The molecule has 2 rings (SSSR count). The van der Waals surface area contributed by atoms with Crippen LogP contribution in [0.4, 0.5) is 0 Å². The van der Waals surface area contributed by atoms with Crippen LogP contribution in [0.25, 0.3) is 0 Å². The highest BCUT2D eigenvalue weighted by Gasteiger charge is 2.38. The number of fused-ring (bicyclic) bond motifs is 1. The van der Waals surface area contributed by atoms with Gasteiger partial charge in [-0.15, -0.1) is 0 Å². The van der Waals surface area contributed by atoms with E-state index in [1.165, 1.54) is 24.3 Å². The number of carbonyl (C=O) groups excluding carboxylic acids is 2. The van der Waals surface area contributed by atoms with Crippen LogP contribution >= 0.6 is 0 Å². The van der Waals surface area contributed by atoms with Crippen LogP contribution in [0.3, 0.4) is 0 Å². The molecule has 0 bridgehead atoms. The lowest BCUT2D eigenvalue weighted by Gasteiger charge is -2.15. The highest BCUT2D eigenvalue weighted by Crippen LogP contribution is 2.26. The smallest absolute Gasteiger partial charge is 0.340 e. The zero-order chi connectivity index (χ0) is 13.4. The van der Waals surface area contributed by atoms with E-state index in [4.69, 9.17) is 10.2 Å². The predicted molar refractivity (Wildman–Crippen MR) is 57.4 cm³/mol. The summed E-state index contributed by atoms with van der Waals surface area (Å²) in [6.45, 7) is 0. The molecule has 0 amide bonds. The molecule has 0 aliphatic heterocycles. The van der Waals surface area contributed by atoms with Crippen molar-refractivity contribution in [2.75, 3.05) is 0 Å². The van der Waals surface area contributed by atoms with Crippen LogP contribution in [0, 0.1) is 0 Å². The molecule has 0 heterocycles. The Kier molecular flexibility index (Phi) is 2.55. The maximum absolute atomic E-state index is 11.9. The summed E-state index contributed by atoms with van der Waals surface area (Å²) in [5.41, 5.74) is -2.17. The van der Waals surface area contributed by atoms with E-state index in [0.717, 1.165) is 0 Å². The minimum Gasteiger partial charge on any atom is -0.478 e. The Morgan fingerprint density at radius 3 is 1.39 bits per heavy atom. The van der Waals surface area contributed by atoms with Gasteiger partial charge in [0.1, 0.15) is 11.1 Å². The number of hydrogen-bond acceptors (Lipinski definition) is 4. The van der Waals surface area contributed by atoms with E-state index < -0.39 is 34.7 Å². The topological polar surface area (TPSA) is 109 Å². The van der Waals surface area contributed by atoms with Crippen LogP contribution in [0.15, 0.2) is 35.4 Å². The molecular formula is C12H6O6. The average molecular weight is 246 g/mol. The number of carbonyl (C=O) groups is 4. The largest absolute Gasteiger partial charge is 0.478 e. The number of benzene rings is 1. The first-order valence-electron chi connectivity index (χ1n) is 4.84. The molecule has 90 valence electrons. The van der Waals surface area contributed by atoms with E-state index in [1.54, 1.807) is 0 Å². The molecule has 0 fully saturated rings. The first-order chi connectivity index (χ1) is 8.45. The fourth-order valence-corrected chi connectivity index (χ4v) is 1.78. The lowest BCUT2D eigenvalue weighted by Crippen LogP contribution is -2.29. The molecule has 6 heteroatoms. The van der Waals surface area contributed by atoms with Crippen LogP contribution in [0.1, 0.15) is 20.7 Å². The molecule has 0 atom stereocenters. The van der Waals surface area contributed by atoms with E-state index in [0.29, 0.717) is 0 Å². The van der Waals surface area contributed by atoms with Crippen LogP contribution in [0.5, 0.6) is 0 Å². The summed E-state index contributed by atoms with van der Waals surface area (Å²) in [4.78, 5) is 45.6. The molecule has 0 spiro atoms. The zero-order valence-electron chi connectivity index (χ0n) is 8.84. The van der Waals surface area contributed by atoms with E-state index in [-0.39, 0.29) is 11.1 Å². The molecular weight excluding hydrogens is 240 g/mol. The van der Waals surface area contributed by atoms with Crippen molar-refractivity contribution >= 4 is 23.5 Å². The van der Waals surface area contributed by atoms with E-state index in [1.807, 2.05) is 0 Å². The standard InChI is InChI=1S/C12H6O6/c13-9-5-3-1-2-4-6(5)10(14)8(12(17)18)7(9)11(15)16/h1-4H,(H,15,16)(H,17,18). The van der Waals surface area contributed by atoms with Crippen molar-refractivity contribution in [3.63, 3.8) is 0 Å². The van der Waals surface area contributed by atoms with Gasteiger partial charge in [-0.1, -0.05) is 24.3 Å². The quantitative estimate of drug-likeness (QED) is 0.737. The molecule has 0 radical (unpaired) electrons. The van der Waals surface area contributed by atoms with Crippen molar-refractivity contribution in [3.8, 4) is 0 Å². The molecule has 1 aliphatic rings. The van der Waals surface area contributed by atoms with Gasteiger partial charge in [-0.25, -0.2) is 9.59 Å². The van der Waals surface area contributed by atoms with Crippen molar-refractivity contribution in [2.45, 2.75) is 0 Å². The van der Waals surface area contributed by atoms with Gasteiger partial charge in [-0.3, -0.25) is 9.59 Å². The van der Waals surface area contributed by atoms with E-state index in [9.17, 15) is 19.2 Å². The third kappa shape index (κ3) is 1.51. The highest BCUT2D eigenvalue weighted by molar-refractivity contribution is 6.41. The minimum atomic E-state index is -1.72. The molecule has 2 N–H and O–H groups in total. The molecule has 0 saturated carbocycles. The Labute approximate surface area is 100 Å². The average Bonchev–Trinajstić information content (AvgIpc) is 2.32. The number of Topliss-reactive ketones (excluding diaryl/α,β-unsaturated/α-hetero) is 2. The van der Waals surface area contributed by atoms with Crippen molar-refractivity contribution in [3.05, 3.63) is 46.5 Å². The summed E-state index contributed by atoms with van der Waals surface area (Å²) >= 11 is 0. The number of aliphatic carboxylic acids is 2. The van der Waals surface area contributed by atoms with Crippen LogP contribution in [-0.4, -0.2) is 33.7 Å². The normalized spacial score (nSPS) is 14.4. The third-order valence-electron chi connectivity index (χ3n) is 2.55. The molecule has 1 aromatic rings. The number of rotatable bonds is 2. The number of hydrogen-bond donors (Lipinski definition) is 2. The monoisotopic (exact) mass is 246 g/mol. The lowest BCUT2D eigenvalue weighted by molar-refractivity contribution is -0.135. The Morgan fingerprint density at radius 2 is 1.11 bits per heavy atom. The number of ketones is 2. The van der Waals surface area contributed by atoms with Gasteiger partial charge in [-0.2, -0.15) is 0 Å². The summed E-state index contributed by atoms with van der Waals surface area (Å²) in [5.74, 6) is -5.37. The molecule has 18 heavy (non-hydrogen) atoms. The Bertz CT molecular complexity index is 583. The van der Waals surface area contributed by atoms with Crippen molar-refractivity contribution in [1.82, 2.24) is 0 Å². The molecule has 1 aromatic carbocycles. The predicted octanol–water partition coefficient (Wildman–Crippen LogP) is 0.531. The molecule has 0 saturated heterocycles. The zero-order valence-corrected chi connectivity index (χ0v) is 8.84. The summed E-state index contributed by atoms with van der Waals surface area (Å²) in [6.07, 6.45) is 0. The van der Waals surface area contributed by atoms with E-state index in [2.05, 4.69) is 0 Å². The van der Waals surface area contributed by atoms with Crippen molar-refractivity contribution in [1.29, 1.82) is 0 Å². The second-order valence-electron chi connectivity index (χ2n) is 3.56. The molecule has 0 unspecified atom stereocenters. The summed E-state index contributed by atoms with van der Waals surface area (Å²) < 4.78 is 0. The maximum Gasteiger partial charge on any atom is 0.340 e. The molecule has 0 aromatic heterocycles. The maximum atomic E-state index is 11.9. The van der Waals surface area contributed by atoms with Gasteiger partial charge in [-0.05, 0) is 0 Å². The highest BCUT2D eigenvalue weighted by atomic mass is 16.4. The van der Waals surface area contributed by atoms with Crippen molar-refractivity contribution in [2.24, 2.45) is 0 Å². The minimum absolute atomic E-state index is 0.0927. The van der Waals surface area contributed by atoms with Crippen LogP contribution in [0.2, 0.25) is 0 Å². The van der Waals surface area contributed by atoms with E-state index >= 15 is 0 Å². The second kappa shape index (κ2) is 3.92. The number of carboxylic acids is 2. The SMILES string of the molecule is O=C(O)C1=C(C(=O)O)C(=O)c2ccccc2C1=O. The van der Waals surface area contributed by atoms with Crippen molar-refractivity contribution < 1.29 is 29.4 Å².